The van der Waals surface area contributed by atoms with Crippen molar-refractivity contribution in [3.63, 3.8) is 0 Å². The first-order chi connectivity index (χ1) is 26.1. The number of carbonyl (C=O) groups excluding carboxylic acids is 3. The maximum atomic E-state index is 14.1. The van der Waals surface area contributed by atoms with Crippen LogP contribution in [-0.2, 0) is 19.8 Å². The molecule has 4 aromatic rings. The van der Waals surface area contributed by atoms with E-state index in [1.165, 1.54) is 53.9 Å². The largest absolute Gasteiger partial charge is 0.490 e. The van der Waals surface area contributed by atoms with E-state index in [0.29, 0.717) is 40.5 Å². The Bertz CT molecular complexity index is 2130. The van der Waals surface area contributed by atoms with Crippen LogP contribution in [0.2, 0.25) is 0 Å². The van der Waals surface area contributed by atoms with Gasteiger partial charge < -0.3 is 14.8 Å². The maximum absolute atomic E-state index is 14.1. The van der Waals surface area contributed by atoms with Crippen LogP contribution in [0.25, 0.3) is 6.08 Å². The molecule has 3 amide bonds. The molecular formula is C45H45N3O5S. The van der Waals surface area contributed by atoms with Gasteiger partial charge in [0.05, 0.1) is 18.0 Å². The van der Waals surface area contributed by atoms with Crippen molar-refractivity contribution in [2.45, 2.75) is 64.7 Å². The van der Waals surface area contributed by atoms with Gasteiger partial charge in [0.25, 0.3) is 17.7 Å². The van der Waals surface area contributed by atoms with Crippen LogP contribution in [0.1, 0.15) is 67.7 Å². The van der Waals surface area contributed by atoms with Gasteiger partial charge in [-0.15, -0.1) is 0 Å². The van der Waals surface area contributed by atoms with E-state index in [9.17, 15) is 14.4 Å². The molecule has 4 aromatic carbocycles. The first kappa shape index (κ1) is 35.7. The third-order valence-electron chi connectivity index (χ3n) is 11.8. The third kappa shape index (κ3) is 6.81. The molecule has 1 saturated heterocycles. The first-order valence-electron chi connectivity index (χ1n) is 19.0. The molecule has 0 atom stereocenters. The predicted octanol–water partition coefficient (Wildman–Crippen LogP) is 8.94. The molecule has 8 nitrogen and oxygen atoms in total. The first-order valence-corrected chi connectivity index (χ1v) is 19.4. The summed E-state index contributed by atoms with van der Waals surface area (Å²) in [6.45, 7) is 5.94. The topological polar surface area (TPSA) is 88.2 Å². The third-order valence-corrected chi connectivity index (χ3v) is 12.1. The van der Waals surface area contributed by atoms with Gasteiger partial charge in [0.2, 0.25) is 0 Å². The van der Waals surface area contributed by atoms with E-state index in [0.717, 1.165) is 34.6 Å². The predicted molar refractivity (Wildman–Crippen MR) is 216 cm³/mol. The lowest BCUT2D eigenvalue weighted by molar-refractivity contribution is -0.121. The second-order valence-electron chi connectivity index (χ2n) is 15.5. The summed E-state index contributed by atoms with van der Waals surface area (Å²) in [7, 11) is 0. The number of carbonyl (C=O) groups is 3. The van der Waals surface area contributed by atoms with E-state index in [2.05, 4.69) is 17.4 Å². The van der Waals surface area contributed by atoms with Gasteiger partial charge in [-0.1, -0.05) is 42.5 Å². The van der Waals surface area contributed by atoms with Gasteiger partial charge in [-0.3, -0.25) is 24.2 Å². The minimum absolute atomic E-state index is 0.0598. The Balaban J connectivity index is 0.992. The van der Waals surface area contributed by atoms with Crippen molar-refractivity contribution in [1.82, 2.24) is 0 Å². The average Bonchev–Trinajstić information content (AvgIpc) is 3.15. The van der Waals surface area contributed by atoms with E-state index in [1.54, 1.807) is 36.4 Å². The summed E-state index contributed by atoms with van der Waals surface area (Å²) in [5.41, 5.74) is 6.14. The van der Waals surface area contributed by atoms with Crippen molar-refractivity contribution < 1.29 is 23.9 Å². The highest BCUT2D eigenvalue weighted by Gasteiger charge is 2.51. The summed E-state index contributed by atoms with van der Waals surface area (Å²) >= 11 is 5.79. The van der Waals surface area contributed by atoms with Crippen LogP contribution < -0.4 is 24.6 Å². The summed E-state index contributed by atoms with van der Waals surface area (Å²) in [5.74, 6) is 2.04. The molecular weight excluding hydrogens is 695 g/mol. The van der Waals surface area contributed by atoms with Crippen molar-refractivity contribution in [2.24, 2.45) is 17.8 Å². The van der Waals surface area contributed by atoms with Crippen LogP contribution in [0, 0.1) is 31.6 Å². The normalized spacial score (nSPS) is 23.9. The van der Waals surface area contributed by atoms with Crippen LogP contribution >= 0.6 is 12.2 Å². The summed E-state index contributed by atoms with van der Waals surface area (Å²) in [5, 5.41) is 3.05. The Morgan fingerprint density at radius 3 is 2.06 bits per heavy atom. The van der Waals surface area contributed by atoms with Crippen molar-refractivity contribution in [1.29, 1.82) is 0 Å². The second-order valence-corrected chi connectivity index (χ2v) is 15.8. The number of nitrogens with zero attached hydrogens (tertiary/aromatic N) is 2. The lowest BCUT2D eigenvalue weighted by atomic mass is 9.48. The minimum atomic E-state index is -0.530. The van der Waals surface area contributed by atoms with E-state index >= 15 is 0 Å². The number of benzene rings is 4. The van der Waals surface area contributed by atoms with Gasteiger partial charge in [-0.25, -0.2) is 0 Å². The van der Waals surface area contributed by atoms with Gasteiger partial charge in [-0.2, -0.15) is 0 Å². The molecule has 1 N–H and O–H groups in total. The number of nitrogens with one attached hydrogen (secondary N) is 1. The zero-order valence-corrected chi connectivity index (χ0v) is 31.8. The number of thiocarbonyl (C=S) groups is 1. The van der Waals surface area contributed by atoms with Crippen molar-refractivity contribution in [3.8, 4) is 11.5 Å². The zero-order valence-electron chi connectivity index (χ0n) is 31.0. The molecule has 1 heterocycles. The standard InChI is InChI=1S/C45H45N3O5S/c1-4-52-40-23-30(22-38-42(50)47(36-8-6-5-7-9-36)44(54)48(43(38)51)37-16-10-28(2)29(3)18-37)11-17-39(40)53-27-41(49)46-35-14-12-34(13-15-35)45-24-31-19-32(25-45)21-33(20-31)26-45/h5-18,22-23,31-33H,4,19-21,24-27H2,1-3H3,(H,46,49)/b38-22+. The number of ether oxygens (including phenoxy) is 2. The Morgan fingerprint density at radius 2 is 1.43 bits per heavy atom. The number of aryl methyl sites for hydroxylation is 2. The van der Waals surface area contributed by atoms with Crippen LogP contribution in [-0.4, -0.2) is 36.0 Å². The molecule has 0 unspecified atom stereocenters. The number of amides is 3. The molecule has 4 saturated carbocycles. The van der Waals surface area contributed by atoms with Crippen LogP contribution in [0.5, 0.6) is 11.5 Å². The quantitative estimate of drug-likeness (QED) is 0.0993. The van der Waals surface area contributed by atoms with Crippen LogP contribution in [0.15, 0.2) is 96.6 Å². The lowest BCUT2D eigenvalue weighted by Gasteiger charge is -2.57. The fourth-order valence-corrected chi connectivity index (χ4v) is 9.88. The summed E-state index contributed by atoms with van der Waals surface area (Å²) < 4.78 is 11.9. The molecule has 276 valence electrons. The van der Waals surface area contributed by atoms with Gasteiger partial charge in [-0.05, 0) is 172 Å². The van der Waals surface area contributed by atoms with Crippen molar-refractivity contribution in [2.75, 3.05) is 28.3 Å². The summed E-state index contributed by atoms with van der Waals surface area (Å²) in [6, 6.07) is 28.3. The number of anilines is 3. The smallest absolute Gasteiger partial charge is 0.270 e. The molecule has 5 fully saturated rings. The molecule has 1 aliphatic heterocycles. The molecule has 0 spiro atoms. The zero-order chi connectivity index (χ0) is 37.6. The number of rotatable bonds is 10. The summed E-state index contributed by atoms with van der Waals surface area (Å²) in [6.07, 6.45) is 9.68. The highest BCUT2D eigenvalue weighted by molar-refractivity contribution is 7.81. The lowest BCUT2D eigenvalue weighted by Crippen LogP contribution is -2.57. The van der Waals surface area contributed by atoms with Crippen LogP contribution in [0.4, 0.5) is 17.1 Å². The Morgan fingerprint density at radius 1 is 0.778 bits per heavy atom. The van der Waals surface area contributed by atoms with E-state index in [1.807, 2.05) is 69.3 Å². The Hall–Kier alpha value is -5.28. The minimum Gasteiger partial charge on any atom is -0.490 e. The Labute approximate surface area is 322 Å². The average molecular weight is 740 g/mol. The molecule has 4 aliphatic carbocycles. The molecule has 0 aromatic heterocycles. The molecule has 5 aliphatic rings. The van der Waals surface area contributed by atoms with Gasteiger partial charge in [0, 0.05) is 5.69 Å². The SMILES string of the molecule is CCOc1cc(/C=C2\C(=O)N(c3ccccc3)C(=S)N(c3ccc(C)c(C)c3)C2=O)ccc1OCC(=O)Nc1ccc(C23CC4CC(CC(C4)C2)C3)cc1. The molecule has 9 rings (SSSR count). The fraction of sp³-hybridized carbons (Fsp3) is 0.333. The number of hydrogen-bond acceptors (Lipinski definition) is 6. The van der Waals surface area contributed by atoms with Crippen LogP contribution in [0.3, 0.4) is 0 Å². The number of para-hydroxylation sites is 1. The van der Waals surface area contributed by atoms with Gasteiger partial charge in [0.15, 0.2) is 23.2 Å². The molecule has 4 bridgehead atoms. The molecule has 0 radical (unpaired) electrons. The summed E-state index contributed by atoms with van der Waals surface area (Å²) in [4.78, 5) is 44.0. The van der Waals surface area contributed by atoms with E-state index in [4.69, 9.17) is 21.7 Å². The van der Waals surface area contributed by atoms with Crippen molar-refractivity contribution in [3.05, 3.63) is 119 Å². The van der Waals surface area contributed by atoms with E-state index in [-0.39, 0.29) is 23.2 Å². The highest BCUT2D eigenvalue weighted by atomic mass is 32.1. The fourth-order valence-electron chi connectivity index (χ4n) is 9.51. The highest BCUT2D eigenvalue weighted by Crippen LogP contribution is 2.60. The number of hydrogen-bond donors (Lipinski definition) is 1. The maximum Gasteiger partial charge on any atom is 0.270 e. The van der Waals surface area contributed by atoms with Crippen molar-refractivity contribution >= 4 is 58.2 Å². The van der Waals surface area contributed by atoms with E-state index < -0.39 is 11.8 Å². The molecule has 9 heteroatoms. The Kier molecular flexibility index (Phi) is 9.60. The molecule has 54 heavy (non-hydrogen) atoms. The van der Waals surface area contributed by atoms with Gasteiger partial charge in [0.1, 0.15) is 5.57 Å². The second kappa shape index (κ2) is 14.5. The monoisotopic (exact) mass is 739 g/mol. The van der Waals surface area contributed by atoms with Gasteiger partial charge >= 0.3 is 0 Å².